The summed E-state index contributed by atoms with van der Waals surface area (Å²) in [5.74, 6) is -2.07. The van der Waals surface area contributed by atoms with E-state index in [9.17, 15) is 31.9 Å². The van der Waals surface area contributed by atoms with Crippen LogP contribution in [0.25, 0.3) is 0 Å². The summed E-state index contributed by atoms with van der Waals surface area (Å²) in [6.07, 6.45) is -5.31. The minimum atomic E-state index is -4.61. The highest BCUT2D eigenvalue weighted by Gasteiger charge is 2.33. The highest BCUT2D eigenvalue weighted by Crippen LogP contribution is 2.24. The fourth-order valence-electron chi connectivity index (χ4n) is 2.70. The van der Waals surface area contributed by atoms with Crippen LogP contribution in [-0.2, 0) is 14.3 Å². The van der Waals surface area contributed by atoms with Gasteiger partial charge in [0.05, 0.1) is 5.69 Å². The molecule has 28 heavy (non-hydrogen) atoms. The standard InChI is InChI=1S/C17H19F4N3O4/c1-10(25)22-12-2-3-13(18)14(8-12)23-15(26)11-4-6-24(7-5-11)16(27)28-9-17(19,20)21/h2-3,8,11H,4-7,9H2,1H3,(H,22,25)(H,23,26). The molecule has 7 nitrogen and oxygen atoms in total. The number of ether oxygens (including phenoxy) is 1. The summed E-state index contributed by atoms with van der Waals surface area (Å²) in [4.78, 5) is 36.1. The second-order valence-corrected chi connectivity index (χ2v) is 6.30. The van der Waals surface area contributed by atoms with Crippen molar-refractivity contribution in [1.29, 1.82) is 0 Å². The Morgan fingerprint density at radius 2 is 1.82 bits per heavy atom. The molecular formula is C17H19F4N3O4. The molecular weight excluding hydrogens is 386 g/mol. The average Bonchev–Trinajstić information content (AvgIpc) is 2.61. The molecule has 2 rings (SSSR count). The summed E-state index contributed by atoms with van der Waals surface area (Å²) >= 11 is 0. The molecule has 0 radical (unpaired) electrons. The first-order valence-electron chi connectivity index (χ1n) is 8.41. The monoisotopic (exact) mass is 405 g/mol. The molecule has 1 aromatic rings. The van der Waals surface area contributed by atoms with Crippen molar-refractivity contribution >= 4 is 29.3 Å². The van der Waals surface area contributed by atoms with Gasteiger partial charge in [-0.3, -0.25) is 9.59 Å². The second kappa shape index (κ2) is 8.89. The Balaban J connectivity index is 1.88. The van der Waals surface area contributed by atoms with E-state index >= 15 is 0 Å². The molecule has 0 bridgehead atoms. The largest absolute Gasteiger partial charge is 0.440 e. The molecule has 0 saturated carbocycles. The first kappa shape index (κ1) is 21.5. The molecule has 11 heteroatoms. The van der Waals surface area contributed by atoms with Gasteiger partial charge in [-0.15, -0.1) is 0 Å². The number of nitrogens with zero attached hydrogens (tertiary/aromatic N) is 1. The van der Waals surface area contributed by atoms with Crippen LogP contribution in [0.3, 0.4) is 0 Å². The number of rotatable bonds is 4. The van der Waals surface area contributed by atoms with E-state index in [2.05, 4.69) is 15.4 Å². The maximum atomic E-state index is 13.9. The fraction of sp³-hybridized carbons (Fsp3) is 0.471. The number of hydrogen-bond donors (Lipinski definition) is 2. The van der Waals surface area contributed by atoms with Gasteiger partial charge in [-0.1, -0.05) is 0 Å². The van der Waals surface area contributed by atoms with Crippen molar-refractivity contribution in [3.63, 3.8) is 0 Å². The third-order valence-electron chi connectivity index (χ3n) is 4.03. The van der Waals surface area contributed by atoms with Crippen molar-refractivity contribution in [3.05, 3.63) is 24.0 Å². The van der Waals surface area contributed by atoms with Gasteiger partial charge >= 0.3 is 12.3 Å². The van der Waals surface area contributed by atoms with Crippen molar-refractivity contribution in [2.24, 2.45) is 5.92 Å². The second-order valence-electron chi connectivity index (χ2n) is 6.30. The van der Waals surface area contributed by atoms with Gasteiger partial charge in [0.15, 0.2) is 6.61 Å². The number of carbonyl (C=O) groups excluding carboxylic acids is 3. The Bertz CT molecular complexity index is 746. The lowest BCUT2D eigenvalue weighted by Crippen LogP contribution is -2.42. The topological polar surface area (TPSA) is 87.7 Å². The van der Waals surface area contributed by atoms with E-state index in [1.807, 2.05) is 0 Å². The lowest BCUT2D eigenvalue weighted by molar-refractivity contribution is -0.162. The molecule has 1 fully saturated rings. The summed E-state index contributed by atoms with van der Waals surface area (Å²) in [6, 6.07) is 3.72. The highest BCUT2D eigenvalue weighted by atomic mass is 19.4. The van der Waals surface area contributed by atoms with Gasteiger partial charge < -0.3 is 20.3 Å². The minimum Gasteiger partial charge on any atom is -0.440 e. The number of nitrogens with one attached hydrogen (secondary N) is 2. The van der Waals surface area contributed by atoms with Gasteiger partial charge in [-0.2, -0.15) is 13.2 Å². The molecule has 0 aliphatic carbocycles. The smallest absolute Gasteiger partial charge is 0.422 e. The van der Waals surface area contributed by atoms with Crippen molar-refractivity contribution in [2.75, 3.05) is 30.3 Å². The molecule has 154 valence electrons. The van der Waals surface area contributed by atoms with E-state index in [0.717, 1.165) is 11.0 Å². The summed E-state index contributed by atoms with van der Waals surface area (Å²) in [5.41, 5.74) is 0.203. The normalized spacial score (nSPS) is 15.1. The van der Waals surface area contributed by atoms with Gasteiger partial charge in [0, 0.05) is 31.6 Å². The molecule has 1 aliphatic heterocycles. The molecule has 2 N–H and O–H groups in total. The Morgan fingerprint density at radius 3 is 2.39 bits per heavy atom. The predicted molar refractivity (Wildman–Crippen MR) is 91.0 cm³/mol. The van der Waals surface area contributed by atoms with E-state index in [1.54, 1.807) is 0 Å². The Kier molecular flexibility index (Phi) is 6.81. The molecule has 0 spiro atoms. The van der Waals surface area contributed by atoms with Gasteiger partial charge in [0.25, 0.3) is 0 Å². The highest BCUT2D eigenvalue weighted by molar-refractivity contribution is 5.94. The van der Waals surface area contributed by atoms with Crippen LogP contribution in [0, 0.1) is 11.7 Å². The van der Waals surface area contributed by atoms with Crippen LogP contribution < -0.4 is 10.6 Å². The summed E-state index contributed by atoms with van der Waals surface area (Å²) in [7, 11) is 0. The minimum absolute atomic E-state index is 0.0448. The number of piperidine rings is 1. The van der Waals surface area contributed by atoms with Crippen LogP contribution in [0.1, 0.15) is 19.8 Å². The molecule has 1 aliphatic rings. The third kappa shape index (κ3) is 6.39. The van der Waals surface area contributed by atoms with Crippen molar-refractivity contribution < 1.29 is 36.7 Å². The average molecular weight is 405 g/mol. The van der Waals surface area contributed by atoms with Gasteiger partial charge in [-0.05, 0) is 31.0 Å². The van der Waals surface area contributed by atoms with Crippen LogP contribution in [0.15, 0.2) is 18.2 Å². The maximum absolute atomic E-state index is 13.9. The SMILES string of the molecule is CC(=O)Nc1ccc(F)c(NC(=O)C2CCN(C(=O)OCC(F)(F)F)CC2)c1. The number of alkyl halides is 3. The van der Waals surface area contributed by atoms with Crippen LogP contribution in [-0.4, -0.2) is 48.7 Å². The van der Waals surface area contributed by atoms with Crippen LogP contribution >= 0.6 is 0 Å². The van der Waals surface area contributed by atoms with E-state index in [1.165, 1.54) is 19.1 Å². The fourth-order valence-corrected chi connectivity index (χ4v) is 2.70. The van der Waals surface area contributed by atoms with E-state index in [0.29, 0.717) is 5.69 Å². The zero-order valence-electron chi connectivity index (χ0n) is 14.9. The molecule has 0 aromatic heterocycles. The van der Waals surface area contributed by atoms with Gasteiger partial charge in [0.1, 0.15) is 5.82 Å². The summed E-state index contributed by atoms with van der Waals surface area (Å²) in [6.45, 7) is -0.294. The lowest BCUT2D eigenvalue weighted by atomic mass is 9.96. The van der Waals surface area contributed by atoms with Gasteiger partial charge in [-0.25, -0.2) is 9.18 Å². The van der Waals surface area contributed by atoms with Gasteiger partial charge in [0.2, 0.25) is 11.8 Å². The van der Waals surface area contributed by atoms with E-state index in [-0.39, 0.29) is 37.5 Å². The van der Waals surface area contributed by atoms with E-state index < -0.39 is 36.5 Å². The number of amides is 3. The number of likely N-dealkylation sites (tertiary alicyclic amines) is 1. The van der Waals surface area contributed by atoms with Crippen molar-refractivity contribution in [2.45, 2.75) is 25.9 Å². The van der Waals surface area contributed by atoms with Crippen LogP contribution in [0.4, 0.5) is 33.7 Å². The summed E-state index contributed by atoms with van der Waals surface area (Å²) in [5, 5.41) is 4.90. The Labute approximate surface area is 158 Å². The molecule has 1 saturated heterocycles. The lowest BCUT2D eigenvalue weighted by Gasteiger charge is -2.30. The number of halogens is 4. The summed E-state index contributed by atoms with van der Waals surface area (Å²) < 4.78 is 54.3. The van der Waals surface area contributed by atoms with E-state index in [4.69, 9.17) is 0 Å². The maximum Gasteiger partial charge on any atom is 0.422 e. The zero-order chi connectivity index (χ0) is 20.9. The van der Waals surface area contributed by atoms with Crippen LogP contribution in [0.5, 0.6) is 0 Å². The number of anilines is 2. The first-order valence-corrected chi connectivity index (χ1v) is 8.41. The third-order valence-corrected chi connectivity index (χ3v) is 4.03. The zero-order valence-corrected chi connectivity index (χ0v) is 14.9. The molecule has 0 atom stereocenters. The Hall–Kier alpha value is -2.85. The molecule has 0 unspecified atom stereocenters. The van der Waals surface area contributed by atoms with Crippen molar-refractivity contribution in [1.82, 2.24) is 4.90 Å². The number of carbonyl (C=O) groups is 3. The Morgan fingerprint density at radius 1 is 1.18 bits per heavy atom. The predicted octanol–water partition coefficient (Wildman–Crippen LogP) is 3.13. The first-order chi connectivity index (χ1) is 13.0. The van der Waals surface area contributed by atoms with Crippen molar-refractivity contribution in [3.8, 4) is 0 Å². The molecule has 1 heterocycles. The number of hydrogen-bond acceptors (Lipinski definition) is 4. The quantitative estimate of drug-likeness (QED) is 0.754. The van der Waals surface area contributed by atoms with Crippen LogP contribution in [0.2, 0.25) is 0 Å². The molecule has 3 amide bonds. The number of benzene rings is 1. The molecule has 1 aromatic carbocycles.